The van der Waals surface area contributed by atoms with Gasteiger partial charge < -0.3 is 28.0 Å². The van der Waals surface area contributed by atoms with Crippen LogP contribution in [0.15, 0.2) is 6.07 Å². The molecule has 1 aliphatic heterocycles. The molecule has 0 aromatic heterocycles. The molecule has 6 nitrogen and oxygen atoms in total. The second-order valence-electron chi connectivity index (χ2n) is 12.1. The fourth-order valence-electron chi connectivity index (χ4n) is 3.56. The Morgan fingerprint density at radius 2 is 1.58 bits per heavy atom. The summed E-state index contributed by atoms with van der Waals surface area (Å²) in [5.74, 6) is 0.0753. The van der Waals surface area contributed by atoms with E-state index in [9.17, 15) is 14.4 Å². The predicted molar refractivity (Wildman–Crippen MR) is 123 cm³/mol. The number of hydrogen-bond acceptors (Lipinski definition) is 6. The molecule has 0 saturated carbocycles. The van der Waals surface area contributed by atoms with Crippen molar-refractivity contribution >= 4 is 16.1 Å². The van der Waals surface area contributed by atoms with Crippen LogP contribution in [0.3, 0.4) is 0 Å². The quantitative estimate of drug-likeness (QED) is 0.327. The molecule has 0 radical (unpaired) electrons. The number of epoxide rings is 1. The zero-order valence-electron chi connectivity index (χ0n) is 21.0. The van der Waals surface area contributed by atoms with E-state index in [1.165, 1.54) is 0 Å². The van der Waals surface area contributed by atoms with Crippen molar-refractivity contribution in [2.24, 2.45) is 0 Å². The molecule has 1 heterocycles. The minimum Gasteiger partial charge on any atom is -0.780 e. The summed E-state index contributed by atoms with van der Waals surface area (Å²) in [4.78, 5) is 23.3. The van der Waals surface area contributed by atoms with Crippen LogP contribution in [0.2, 0.25) is 18.1 Å². The molecular weight excluding hydrogens is 431 g/mol. The van der Waals surface area contributed by atoms with Crippen LogP contribution >= 0.6 is 7.82 Å². The van der Waals surface area contributed by atoms with E-state index in [0.717, 1.165) is 16.7 Å². The van der Waals surface area contributed by atoms with Gasteiger partial charge in [-0.1, -0.05) is 62.3 Å². The molecule has 1 aromatic rings. The molecule has 0 bridgehead atoms. The molecule has 178 valence electrons. The number of rotatable bonds is 6. The van der Waals surface area contributed by atoms with E-state index < -0.39 is 16.1 Å². The Labute approximate surface area is 189 Å². The lowest BCUT2D eigenvalue weighted by Crippen LogP contribution is -2.40. The van der Waals surface area contributed by atoms with Crippen molar-refractivity contribution < 1.29 is 28.0 Å². The molecule has 1 saturated heterocycles. The third kappa shape index (κ3) is 6.43. The second-order valence-corrected chi connectivity index (χ2v) is 18.0. The maximum Gasteiger partial charge on any atom is 0.192 e. The Balaban J connectivity index is 2.81. The number of phosphoric ester groups is 1. The molecule has 1 aliphatic rings. The Morgan fingerprint density at radius 3 is 1.94 bits per heavy atom. The lowest BCUT2D eigenvalue weighted by atomic mass is 9.73. The van der Waals surface area contributed by atoms with Gasteiger partial charge in [0.2, 0.25) is 0 Å². The van der Waals surface area contributed by atoms with Crippen LogP contribution in [-0.2, 0) is 31.2 Å². The molecule has 8 heteroatoms. The fourth-order valence-corrected chi connectivity index (χ4v) is 4.90. The van der Waals surface area contributed by atoms with Crippen LogP contribution in [-0.4, -0.2) is 14.9 Å². The lowest BCUT2D eigenvalue weighted by molar-refractivity contribution is -0.333. The summed E-state index contributed by atoms with van der Waals surface area (Å²) < 4.78 is 28.9. The van der Waals surface area contributed by atoms with E-state index in [0.29, 0.717) is 12.2 Å². The summed E-state index contributed by atoms with van der Waals surface area (Å²) in [6, 6.07) is 1.71. The van der Waals surface area contributed by atoms with Crippen LogP contribution in [0.25, 0.3) is 0 Å². The van der Waals surface area contributed by atoms with E-state index in [1.54, 1.807) is 6.07 Å². The molecule has 1 aromatic carbocycles. The van der Waals surface area contributed by atoms with Gasteiger partial charge in [0.05, 0.1) is 13.2 Å². The topological polar surface area (TPSA) is 94.2 Å². The first kappa shape index (κ1) is 26.6. The summed E-state index contributed by atoms with van der Waals surface area (Å²) in [7, 11) is -7.40. The van der Waals surface area contributed by atoms with Gasteiger partial charge in [0.15, 0.2) is 8.32 Å². The summed E-state index contributed by atoms with van der Waals surface area (Å²) in [6.07, 6.45) is -0.0459. The van der Waals surface area contributed by atoms with Crippen LogP contribution in [0.5, 0.6) is 5.75 Å². The number of benzene rings is 1. The lowest BCUT2D eigenvalue weighted by Gasteiger charge is -2.39. The average Bonchev–Trinajstić information content (AvgIpc) is 3.32. The van der Waals surface area contributed by atoms with Gasteiger partial charge in [-0.25, -0.2) is 0 Å². The van der Waals surface area contributed by atoms with Crippen molar-refractivity contribution in [2.45, 2.75) is 104 Å². The zero-order valence-corrected chi connectivity index (χ0v) is 22.9. The molecule has 2 rings (SSSR count). The van der Waals surface area contributed by atoms with Crippen LogP contribution in [0.4, 0.5) is 0 Å². The van der Waals surface area contributed by atoms with E-state index in [2.05, 4.69) is 75.4 Å². The van der Waals surface area contributed by atoms with Gasteiger partial charge in [-0.05, 0) is 51.7 Å². The van der Waals surface area contributed by atoms with Gasteiger partial charge in [-0.2, -0.15) is 0 Å². The number of phosphoric acid groups is 1. The number of ether oxygens (including phenoxy) is 1. The van der Waals surface area contributed by atoms with Crippen molar-refractivity contribution in [3.05, 3.63) is 28.3 Å². The van der Waals surface area contributed by atoms with E-state index in [1.807, 2.05) is 0 Å². The van der Waals surface area contributed by atoms with Crippen molar-refractivity contribution in [3.63, 3.8) is 0 Å². The van der Waals surface area contributed by atoms with Gasteiger partial charge >= 0.3 is 0 Å². The maximum atomic E-state index is 11.7. The summed E-state index contributed by atoms with van der Waals surface area (Å²) in [5.41, 5.74) is 2.93. The zero-order chi connectivity index (χ0) is 24.2. The average molecular weight is 471 g/mol. The van der Waals surface area contributed by atoms with Gasteiger partial charge in [0, 0.05) is 5.56 Å². The second kappa shape index (κ2) is 8.26. The molecule has 0 aliphatic carbocycles. The van der Waals surface area contributed by atoms with Crippen LogP contribution in [0.1, 0.15) is 90.7 Å². The minimum absolute atomic E-state index is 0.0178. The smallest absolute Gasteiger partial charge is 0.192 e. The SMILES string of the molecule is CC(C)(C)c1cc(OP(=O)([O-])[O-])c(CO[Si](C)(C)C(C)(C)C)c(C(C)(C)C)c1[C@@H]1CO1. The van der Waals surface area contributed by atoms with Gasteiger partial charge in [0.25, 0.3) is 0 Å². The van der Waals surface area contributed by atoms with Crippen molar-refractivity contribution in [3.8, 4) is 5.75 Å². The molecule has 0 spiro atoms. The Morgan fingerprint density at radius 1 is 1.06 bits per heavy atom. The third-order valence-electron chi connectivity index (χ3n) is 6.24. The van der Waals surface area contributed by atoms with Gasteiger partial charge in [-0.3, -0.25) is 0 Å². The monoisotopic (exact) mass is 470 g/mol. The predicted octanol–water partition coefficient (Wildman–Crippen LogP) is 5.08. The maximum absolute atomic E-state index is 11.7. The molecule has 0 unspecified atom stereocenters. The number of hydrogen-bond donors (Lipinski definition) is 0. The largest absolute Gasteiger partial charge is 0.780 e. The molecule has 0 N–H and O–H groups in total. The van der Waals surface area contributed by atoms with Crippen molar-refractivity contribution in [1.82, 2.24) is 0 Å². The molecule has 31 heavy (non-hydrogen) atoms. The molecular formula is C23H39O6PSi-2. The highest BCUT2D eigenvalue weighted by molar-refractivity contribution is 7.43. The highest BCUT2D eigenvalue weighted by atomic mass is 31.2. The standard InChI is InChI=1S/C23H41O6PSi/c1-21(2,3)16-12-17(29-30(24,25)26)15(13-28-31(10,11)23(7,8)9)20(22(4,5)6)19(16)18-14-27-18/h12,18H,13-14H2,1-11H3,(H2,24,25,26)/p-2/t18-/m0/s1. The first-order valence-electron chi connectivity index (χ1n) is 10.8. The third-order valence-corrected chi connectivity index (χ3v) is 11.1. The first-order valence-corrected chi connectivity index (χ1v) is 15.2. The normalized spacial score (nSPS) is 18.3. The van der Waals surface area contributed by atoms with Crippen LogP contribution < -0.4 is 14.3 Å². The van der Waals surface area contributed by atoms with E-state index in [4.69, 9.17) is 13.7 Å². The minimum atomic E-state index is -5.25. The van der Waals surface area contributed by atoms with Gasteiger partial charge in [-0.15, -0.1) is 0 Å². The Bertz CT molecular complexity index is 864. The van der Waals surface area contributed by atoms with E-state index in [-0.39, 0.29) is 34.3 Å². The molecule has 0 amide bonds. The molecule has 1 atom stereocenters. The summed E-state index contributed by atoms with van der Waals surface area (Å²) in [5, 5.41) is -0.0178. The Kier molecular flexibility index (Phi) is 7.08. The van der Waals surface area contributed by atoms with E-state index >= 15 is 0 Å². The van der Waals surface area contributed by atoms with Crippen molar-refractivity contribution in [1.29, 1.82) is 0 Å². The van der Waals surface area contributed by atoms with Gasteiger partial charge in [0.1, 0.15) is 19.7 Å². The summed E-state index contributed by atoms with van der Waals surface area (Å²) >= 11 is 0. The molecule has 1 fully saturated rings. The van der Waals surface area contributed by atoms with Crippen molar-refractivity contribution in [2.75, 3.05) is 6.61 Å². The first-order chi connectivity index (χ1) is 13.7. The fraction of sp³-hybridized carbons (Fsp3) is 0.739. The highest BCUT2D eigenvalue weighted by Crippen LogP contribution is 2.50. The summed E-state index contributed by atoms with van der Waals surface area (Å²) in [6.45, 7) is 24.0. The highest BCUT2D eigenvalue weighted by Gasteiger charge is 2.41. The van der Waals surface area contributed by atoms with Crippen LogP contribution in [0, 0.1) is 0 Å². The Hall–Kier alpha value is -0.693.